The summed E-state index contributed by atoms with van der Waals surface area (Å²) in [5.74, 6) is 0. The normalized spacial score (nSPS) is 9.55. The zero-order chi connectivity index (χ0) is 9.28. The summed E-state index contributed by atoms with van der Waals surface area (Å²) in [6, 6.07) is 0. The van der Waals surface area contributed by atoms with Gasteiger partial charge in [-0.1, -0.05) is 31.7 Å². The minimum absolute atomic E-state index is 0.519. The molecule has 0 atom stereocenters. The Morgan fingerprint density at radius 2 is 1.91 bits per heavy atom. The van der Waals surface area contributed by atoms with Crippen molar-refractivity contribution in [3.05, 3.63) is 36.6 Å². The van der Waals surface area contributed by atoms with E-state index in [0.29, 0.717) is 5.70 Å². The average molecular weight is 153 g/mol. The number of rotatable bonds is 2. The second-order valence-corrected chi connectivity index (χ2v) is 2.27. The maximum atomic E-state index is 4.98. The Hall–Kier alpha value is -0.980. The monoisotopic (exact) mass is 153 g/mol. The van der Waals surface area contributed by atoms with E-state index in [2.05, 4.69) is 40.0 Å². The Balaban J connectivity index is 0. The second-order valence-electron chi connectivity index (χ2n) is 2.27. The van der Waals surface area contributed by atoms with Gasteiger partial charge in [-0.3, -0.25) is 0 Å². The van der Waals surface area contributed by atoms with Crippen molar-refractivity contribution in [3.63, 3.8) is 0 Å². The molecule has 0 aliphatic heterocycles. The van der Waals surface area contributed by atoms with E-state index in [1.807, 2.05) is 0 Å². The van der Waals surface area contributed by atoms with Crippen LogP contribution in [0.5, 0.6) is 0 Å². The van der Waals surface area contributed by atoms with Crippen molar-refractivity contribution in [2.75, 3.05) is 0 Å². The number of hydrogen-bond donors (Lipinski definition) is 1. The summed E-state index contributed by atoms with van der Waals surface area (Å²) in [5, 5.41) is 0. The van der Waals surface area contributed by atoms with Crippen molar-refractivity contribution >= 4 is 0 Å². The molecule has 0 aromatic carbocycles. The molecular weight excluding hydrogens is 134 g/mol. The molecule has 0 aromatic heterocycles. The van der Waals surface area contributed by atoms with E-state index < -0.39 is 0 Å². The van der Waals surface area contributed by atoms with Gasteiger partial charge in [-0.15, -0.1) is 0 Å². The maximum Gasteiger partial charge on any atom is 0.0234 e. The number of allylic oxidation sites excluding steroid dienone is 3. The fourth-order valence-electron chi connectivity index (χ4n) is 0.204. The molecule has 0 rings (SSSR count). The highest BCUT2D eigenvalue weighted by atomic mass is 14.5. The van der Waals surface area contributed by atoms with E-state index in [4.69, 9.17) is 5.73 Å². The van der Waals surface area contributed by atoms with Crippen molar-refractivity contribution in [2.24, 2.45) is 5.73 Å². The lowest BCUT2D eigenvalue weighted by molar-refractivity contribution is 1.09. The van der Waals surface area contributed by atoms with Gasteiger partial charge in [0.2, 0.25) is 0 Å². The third kappa shape index (κ3) is 17.6. The van der Waals surface area contributed by atoms with Crippen molar-refractivity contribution in [3.8, 4) is 0 Å². The SMILES string of the molecule is C/C=C(\C)CC.C=CC(=C)N. The Labute approximate surface area is 70.3 Å². The first kappa shape index (κ1) is 12.7. The highest BCUT2D eigenvalue weighted by Gasteiger charge is 1.73. The molecule has 0 aliphatic rings. The summed E-state index contributed by atoms with van der Waals surface area (Å²) < 4.78 is 0. The van der Waals surface area contributed by atoms with E-state index in [0.717, 1.165) is 0 Å². The fraction of sp³-hybridized carbons (Fsp3) is 0.400. The van der Waals surface area contributed by atoms with Crippen LogP contribution in [0.25, 0.3) is 0 Å². The summed E-state index contributed by atoms with van der Waals surface area (Å²) in [6.45, 7) is 13.0. The number of nitrogens with two attached hydrogens (primary N) is 1. The minimum Gasteiger partial charge on any atom is -0.399 e. The lowest BCUT2D eigenvalue weighted by atomic mass is 10.2. The first-order chi connectivity index (χ1) is 5.08. The first-order valence-electron chi connectivity index (χ1n) is 3.77. The van der Waals surface area contributed by atoms with Crippen LogP contribution in [0.1, 0.15) is 27.2 Å². The van der Waals surface area contributed by atoms with Gasteiger partial charge in [0, 0.05) is 5.70 Å². The van der Waals surface area contributed by atoms with Crippen molar-refractivity contribution in [1.82, 2.24) is 0 Å². The average Bonchev–Trinajstić information content (AvgIpc) is 2.04. The Kier molecular flexibility index (Phi) is 10.4. The smallest absolute Gasteiger partial charge is 0.0234 e. The predicted molar refractivity (Wildman–Crippen MR) is 53.2 cm³/mol. The fourth-order valence-corrected chi connectivity index (χ4v) is 0.204. The summed E-state index contributed by atoms with van der Waals surface area (Å²) in [5.41, 5.74) is 6.97. The first-order valence-corrected chi connectivity index (χ1v) is 3.77. The van der Waals surface area contributed by atoms with E-state index >= 15 is 0 Å². The molecule has 0 amide bonds. The molecule has 1 nitrogen and oxygen atoms in total. The van der Waals surface area contributed by atoms with Gasteiger partial charge in [0.1, 0.15) is 0 Å². The van der Waals surface area contributed by atoms with Gasteiger partial charge >= 0.3 is 0 Å². The van der Waals surface area contributed by atoms with Gasteiger partial charge in [-0.2, -0.15) is 0 Å². The molecule has 0 heterocycles. The lowest BCUT2D eigenvalue weighted by Gasteiger charge is -1.85. The van der Waals surface area contributed by atoms with Gasteiger partial charge in [-0.25, -0.2) is 0 Å². The van der Waals surface area contributed by atoms with Crippen molar-refractivity contribution in [2.45, 2.75) is 27.2 Å². The van der Waals surface area contributed by atoms with Gasteiger partial charge in [0.05, 0.1) is 0 Å². The molecule has 0 saturated heterocycles. The molecule has 0 unspecified atom stereocenters. The van der Waals surface area contributed by atoms with Crippen LogP contribution in [-0.2, 0) is 0 Å². The molecule has 1 heteroatoms. The van der Waals surface area contributed by atoms with E-state index in [9.17, 15) is 0 Å². The molecule has 0 aliphatic carbocycles. The summed E-state index contributed by atoms with van der Waals surface area (Å²) in [6.07, 6.45) is 4.83. The summed E-state index contributed by atoms with van der Waals surface area (Å²) >= 11 is 0. The molecular formula is C10H19N. The highest BCUT2D eigenvalue weighted by Crippen LogP contribution is 1.94. The summed E-state index contributed by atoms with van der Waals surface area (Å²) in [7, 11) is 0. The zero-order valence-corrected chi connectivity index (χ0v) is 7.85. The van der Waals surface area contributed by atoms with Crippen LogP contribution in [0.2, 0.25) is 0 Å². The molecule has 0 aromatic rings. The Morgan fingerprint density at radius 1 is 1.55 bits per heavy atom. The molecule has 0 radical (unpaired) electrons. The quantitative estimate of drug-likeness (QED) is 0.479. The van der Waals surface area contributed by atoms with Gasteiger partial charge < -0.3 is 5.73 Å². The van der Waals surface area contributed by atoms with Crippen LogP contribution in [-0.4, -0.2) is 0 Å². The molecule has 0 spiro atoms. The maximum absolute atomic E-state index is 4.98. The molecule has 0 bridgehead atoms. The van der Waals surface area contributed by atoms with Gasteiger partial charge in [0.15, 0.2) is 0 Å². The number of hydrogen-bond acceptors (Lipinski definition) is 1. The zero-order valence-electron chi connectivity index (χ0n) is 7.85. The summed E-state index contributed by atoms with van der Waals surface area (Å²) in [4.78, 5) is 0. The third-order valence-electron chi connectivity index (χ3n) is 1.31. The highest BCUT2D eigenvalue weighted by molar-refractivity contribution is 5.04. The largest absolute Gasteiger partial charge is 0.399 e. The van der Waals surface area contributed by atoms with Gasteiger partial charge in [0.25, 0.3) is 0 Å². The van der Waals surface area contributed by atoms with E-state index in [1.54, 1.807) is 0 Å². The van der Waals surface area contributed by atoms with Crippen LogP contribution in [0.4, 0.5) is 0 Å². The predicted octanol–water partition coefficient (Wildman–Crippen LogP) is 3.01. The van der Waals surface area contributed by atoms with Gasteiger partial charge in [-0.05, 0) is 26.3 Å². The second kappa shape index (κ2) is 9.02. The third-order valence-corrected chi connectivity index (χ3v) is 1.31. The van der Waals surface area contributed by atoms with Crippen molar-refractivity contribution in [1.29, 1.82) is 0 Å². The Bertz CT molecular complexity index is 143. The molecule has 64 valence electrons. The van der Waals surface area contributed by atoms with Crippen LogP contribution >= 0.6 is 0 Å². The van der Waals surface area contributed by atoms with E-state index in [1.165, 1.54) is 18.1 Å². The molecule has 2 N–H and O–H groups in total. The van der Waals surface area contributed by atoms with Crippen LogP contribution in [0.15, 0.2) is 36.6 Å². The Morgan fingerprint density at radius 3 is 1.91 bits per heavy atom. The lowest BCUT2D eigenvalue weighted by Crippen LogP contribution is -1.86. The van der Waals surface area contributed by atoms with Crippen LogP contribution in [0, 0.1) is 0 Å². The van der Waals surface area contributed by atoms with Crippen LogP contribution in [0.3, 0.4) is 0 Å². The molecule has 0 saturated carbocycles. The topological polar surface area (TPSA) is 26.0 Å². The van der Waals surface area contributed by atoms with Crippen molar-refractivity contribution < 1.29 is 0 Å². The molecule has 0 fully saturated rings. The standard InChI is InChI=1S/C6H12.C4H7N/c1-4-6(3)5-2;1-3-4(2)5/h4H,5H2,1-3H3;3H,1-2,5H2/b6-4+;. The molecule has 11 heavy (non-hydrogen) atoms. The van der Waals surface area contributed by atoms with E-state index in [-0.39, 0.29) is 0 Å². The minimum atomic E-state index is 0.519. The van der Waals surface area contributed by atoms with Crippen LogP contribution < -0.4 is 5.73 Å².